The molecular weight excluding hydrogens is 473 g/mol. The Morgan fingerprint density at radius 2 is 1.74 bits per heavy atom. The highest BCUT2D eigenvalue weighted by Gasteiger charge is 2.30. The predicted octanol–water partition coefficient (Wildman–Crippen LogP) is 3.15. The van der Waals surface area contributed by atoms with E-state index in [-0.39, 0.29) is 5.69 Å². The first-order chi connectivity index (χ1) is 16.6. The summed E-state index contributed by atoms with van der Waals surface area (Å²) in [6.45, 7) is 2.18. The highest BCUT2D eigenvalue weighted by Crippen LogP contribution is 2.34. The monoisotopic (exact) mass is 497 g/mol. The van der Waals surface area contributed by atoms with Gasteiger partial charge >= 0.3 is 16.2 Å². The van der Waals surface area contributed by atoms with E-state index in [0.717, 1.165) is 0 Å². The van der Waals surface area contributed by atoms with E-state index >= 15 is 0 Å². The van der Waals surface area contributed by atoms with Gasteiger partial charge in [-0.05, 0) is 43.4 Å². The number of H-pyrrole nitrogens is 1. The van der Waals surface area contributed by atoms with Crippen LogP contribution >= 0.6 is 0 Å². The predicted molar refractivity (Wildman–Crippen MR) is 132 cm³/mol. The van der Waals surface area contributed by atoms with Gasteiger partial charge < -0.3 is 15.0 Å². The van der Waals surface area contributed by atoms with Gasteiger partial charge in [-0.2, -0.15) is 12.7 Å². The van der Waals surface area contributed by atoms with Crippen LogP contribution in [-0.2, 0) is 10.2 Å². The molecule has 0 amide bonds. The van der Waals surface area contributed by atoms with E-state index in [9.17, 15) is 22.7 Å². The van der Waals surface area contributed by atoms with E-state index in [1.54, 1.807) is 30.3 Å². The molecular formula is C24H24FN5O4S. The summed E-state index contributed by atoms with van der Waals surface area (Å²) in [4.78, 5) is 21.3. The quantitative estimate of drug-likeness (QED) is 0.438. The van der Waals surface area contributed by atoms with Crippen LogP contribution in [0.2, 0.25) is 0 Å². The molecule has 1 saturated heterocycles. The Hall–Kier alpha value is -3.54. The third kappa shape index (κ3) is 4.11. The Morgan fingerprint density at radius 1 is 1.06 bits per heavy atom. The lowest BCUT2D eigenvalue weighted by Gasteiger charge is -2.34. The summed E-state index contributed by atoms with van der Waals surface area (Å²) in [5.41, 5.74) is 2.41. The number of aromatic nitrogens is 2. The number of anilines is 1. The second kappa shape index (κ2) is 8.59. The number of rotatable bonds is 5. The summed E-state index contributed by atoms with van der Waals surface area (Å²) >= 11 is 0. The first-order valence-electron chi connectivity index (χ1n) is 11.0. The van der Waals surface area contributed by atoms with Crippen molar-refractivity contribution in [2.45, 2.75) is 0 Å². The van der Waals surface area contributed by atoms with Crippen LogP contribution < -0.4 is 4.31 Å². The molecule has 1 aliphatic rings. The van der Waals surface area contributed by atoms with Crippen molar-refractivity contribution in [3.8, 4) is 11.3 Å². The number of carboxylic acids is 1. The van der Waals surface area contributed by atoms with Crippen LogP contribution in [0.25, 0.3) is 33.1 Å². The molecule has 0 spiro atoms. The SMILES string of the molecule is CN1CCN(S(=O)(=O)N(C)c2ccc(-c3nc(C(=O)O)cc4c3[nH]c3cc(F)ccc34)cc2)CC1. The number of piperazine rings is 1. The fraction of sp³-hybridized carbons (Fsp3) is 0.250. The topological polar surface area (TPSA) is 110 Å². The van der Waals surface area contributed by atoms with Crippen LogP contribution in [0.1, 0.15) is 10.5 Å². The molecule has 2 N–H and O–H groups in total. The van der Waals surface area contributed by atoms with Crippen LogP contribution in [0, 0.1) is 5.82 Å². The zero-order chi connectivity index (χ0) is 24.9. The average Bonchev–Trinajstić information content (AvgIpc) is 3.20. The number of carbonyl (C=O) groups is 1. The summed E-state index contributed by atoms with van der Waals surface area (Å²) in [5.74, 6) is -1.59. The number of nitrogens with one attached hydrogen (secondary N) is 1. The Balaban J connectivity index is 1.54. The first kappa shape index (κ1) is 23.2. The van der Waals surface area contributed by atoms with Gasteiger partial charge in [0, 0.05) is 55.1 Å². The van der Waals surface area contributed by atoms with E-state index in [1.165, 1.54) is 33.9 Å². The molecule has 2 aromatic heterocycles. The molecule has 11 heteroatoms. The van der Waals surface area contributed by atoms with Gasteiger partial charge in [0.05, 0.1) is 16.9 Å². The van der Waals surface area contributed by atoms with Gasteiger partial charge in [-0.15, -0.1) is 0 Å². The van der Waals surface area contributed by atoms with Crippen LogP contribution in [0.5, 0.6) is 0 Å². The van der Waals surface area contributed by atoms with Gasteiger partial charge in [-0.1, -0.05) is 12.1 Å². The molecule has 0 unspecified atom stereocenters. The number of pyridine rings is 1. The number of likely N-dealkylation sites (N-methyl/N-ethyl adjacent to an activating group) is 1. The molecule has 0 atom stereocenters. The number of halogens is 1. The molecule has 1 fully saturated rings. The first-order valence-corrected chi connectivity index (χ1v) is 12.4. The van der Waals surface area contributed by atoms with Crippen molar-refractivity contribution in [1.29, 1.82) is 0 Å². The lowest BCUT2D eigenvalue weighted by atomic mass is 10.1. The summed E-state index contributed by atoms with van der Waals surface area (Å²) in [6.07, 6.45) is 0. The van der Waals surface area contributed by atoms with Crippen molar-refractivity contribution in [2.75, 3.05) is 44.6 Å². The standard InChI is InChI=1S/C24H24FN5O4S/c1-28-9-11-30(12-10-28)35(33,34)29(2)17-6-3-15(4-7-17)22-23-19(14-21(27-22)24(31)32)18-8-5-16(25)13-20(18)26-23/h3-8,13-14,26H,9-12H2,1-2H3,(H,31,32). The highest BCUT2D eigenvalue weighted by molar-refractivity contribution is 7.90. The maximum Gasteiger partial charge on any atom is 0.354 e. The number of benzene rings is 2. The Morgan fingerprint density at radius 3 is 2.40 bits per heavy atom. The van der Waals surface area contributed by atoms with Crippen molar-refractivity contribution in [3.63, 3.8) is 0 Å². The molecule has 2 aromatic carbocycles. The summed E-state index contributed by atoms with van der Waals surface area (Å²) in [7, 11) is -0.216. The van der Waals surface area contributed by atoms with Gasteiger partial charge in [0.25, 0.3) is 0 Å². The molecule has 9 nitrogen and oxygen atoms in total. The minimum Gasteiger partial charge on any atom is -0.477 e. The molecule has 0 radical (unpaired) electrons. The molecule has 0 bridgehead atoms. The summed E-state index contributed by atoms with van der Waals surface area (Å²) in [6, 6.07) is 12.4. The summed E-state index contributed by atoms with van der Waals surface area (Å²) in [5, 5.41) is 10.9. The molecule has 35 heavy (non-hydrogen) atoms. The van der Waals surface area contributed by atoms with Crippen molar-refractivity contribution in [1.82, 2.24) is 19.2 Å². The van der Waals surface area contributed by atoms with E-state index in [1.807, 2.05) is 7.05 Å². The molecule has 0 saturated carbocycles. The zero-order valence-corrected chi connectivity index (χ0v) is 20.0. The second-order valence-electron chi connectivity index (χ2n) is 8.62. The number of aromatic carboxylic acids is 1. The van der Waals surface area contributed by atoms with Crippen molar-refractivity contribution in [2.24, 2.45) is 0 Å². The van der Waals surface area contributed by atoms with Gasteiger partial charge in [-0.3, -0.25) is 4.31 Å². The second-order valence-corrected chi connectivity index (χ2v) is 10.6. The Labute approximate surface area is 201 Å². The van der Waals surface area contributed by atoms with Gasteiger partial charge in [0.2, 0.25) is 0 Å². The Bertz CT molecular complexity index is 1540. The molecule has 0 aliphatic carbocycles. The average molecular weight is 498 g/mol. The minimum absolute atomic E-state index is 0.142. The molecule has 1 aliphatic heterocycles. The van der Waals surface area contributed by atoms with E-state index in [4.69, 9.17) is 0 Å². The van der Waals surface area contributed by atoms with Crippen LogP contribution in [0.15, 0.2) is 48.5 Å². The molecule has 4 aromatic rings. The number of fused-ring (bicyclic) bond motifs is 3. The number of hydrogen-bond acceptors (Lipinski definition) is 5. The van der Waals surface area contributed by atoms with Crippen molar-refractivity contribution < 1.29 is 22.7 Å². The van der Waals surface area contributed by atoms with E-state index in [2.05, 4.69) is 14.9 Å². The lowest BCUT2D eigenvalue weighted by molar-refractivity contribution is 0.0691. The number of nitrogens with zero attached hydrogens (tertiary/aromatic N) is 4. The fourth-order valence-electron chi connectivity index (χ4n) is 4.35. The maximum atomic E-state index is 13.8. The zero-order valence-electron chi connectivity index (χ0n) is 19.2. The van der Waals surface area contributed by atoms with Crippen molar-refractivity contribution >= 4 is 43.7 Å². The highest BCUT2D eigenvalue weighted by atomic mass is 32.2. The maximum absolute atomic E-state index is 13.8. The van der Waals surface area contributed by atoms with Crippen LogP contribution in [-0.4, -0.2) is 78.9 Å². The van der Waals surface area contributed by atoms with Gasteiger partial charge in [-0.25, -0.2) is 14.2 Å². The van der Waals surface area contributed by atoms with E-state index < -0.39 is 22.0 Å². The van der Waals surface area contributed by atoms with Crippen LogP contribution in [0.3, 0.4) is 0 Å². The molecule has 182 valence electrons. The van der Waals surface area contributed by atoms with E-state index in [0.29, 0.717) is 64.9 Å². The molecule has 3 heterocycles. The van der Waals surface area contributed by atoms with Crippen molar-refractivity contribution in [3.05, 3.63) is 60.0 Å². The number of carboxylic acid groups (broad SMARTS) is 1. The minimum atomic E-state index is -3.69. The summed E-state index contributed by atoms with van der Waals surface area (Å²) < 4.78 is 42.7. The largest absolute Gasteiger partial charge is 0.477 e. The normalized spacial score (nSPS) is 15.6. The Kier molecular flexibility index (Phi) is 5.70. The number of hydrogen-bond donors (Lipinski definition) is 2. The molecule has 5 rings (SSSR count). The van der Waals surface area contributed by atoms with Gasteiger partial charge in [0.15, 0.2) is 0 Å². The fourth-order valence-corrected chi connectivity index (χ4v) is 5.71. The third-order valence-corrected chi connectivity index (χ3v) is 8.33. The lowest BCUT2D eigenvalue weighted by Crippen LogP contribution is -2.51. The van der Waals surface area contributed by atoms with Gasteiger partial charge in [0.1, 0.15) is 11.5 Å². The smallest absolute Gasteiger partial charge is 0.354 e. The van der Waals surface area contributed by atoms with Crippen LogP contribution in [0.4, 0.5) is 10.1 Å². The number of aromatic amines is 1. The third-order valence-electron chi connectivity index (χ3n) is 6.41.